The molecule has 2 heterocycles. The summed E-state index contributed by atoms with van der Waals surface area (Å²) in [6.45, 7) is 6.09. The third-order valence-electron chi connectivity index (χ3n) is 4.90. The fourth-order valence-electron chi connectivity index (χ4n) is 3.32. The lowest BCUT2D eigenvalue weighted by atomic mass is 10.1. The molecule has 1 aliphatic heterocycles. The van der Waals surface area contributed by atoms with Crippen LogP contribution in [0.15, 0.2) is 34.8 Å². The number of unbranched alkanes of at least 4 members (excludes halogenated alkanes) is 1. The van der Waals surface area contributed by atoms with Crippen LogP contribution >= 0.6 is 0 Å². The molecule has 1 aromatic carbocycles. The molecule has 0 bridgehead atoms. The average Bonchev–Trinajstić information content (AvgIpc) is 3.02. The second kappa shape index (κ2) is 8.21. The van der Waals surface area contributed by atoms with Gasteiger partial charge in [0.15, 0.2) is 0 Å². The molecule has 0 N–H and O–H groups in total. The van der Waals surface area contributed by atoms with Crippen LogP contribution in [0.3, 0.4) is 0 Å². The Morgan fingerprint density at radius 3 is 2.50 bits per heavy atom. The van der Waals surface area contributed by atoms with Gasteiger partial charge in [0.25, 0.3) is 0 Å². The second-order valence-electron chi connectivity index (χ2n) is 6.70. The highest BCUT2D eigenvalue weighted by atomic mass is 16.3. The van der Waals surface area contributed by atoms with Gasteiger partial charge in [-0.25, -0.2) is 0 Å². The molecule has 5 heteroatoms. The summed E-state index contributed by atoms with van der Waals surface area (Å²) in [7, 11) is 0. The topological polar surface area (TPSA) is 53.8 Å². The van der Waals surface area contributed by atoms with E-state index in [2.05, 4.69) is 6.92 Å². The van der Waals surface area contributed by atoms with Crippen LogP contribution in [0.2, 0.25) is 0 Å². The molecular formula is C21H26N2O3. The minimum atomic E-state index is -0.0140. The third kappa shape index (κ3) is 3.98. The first-order valence-corrected chi connectivity index (χ1v) is 9.33. The monoisotopic (exact) mass is 354 g/mol. The number of benzene rings is 1. The number of furan rings is 1. The van der Waals surface area contributed by atoms with E-state index in [1.807, 2.05) is 30.3 Å². The van der Waals surface area contributed by atoms with Crippen molar-refractivity contribution in [3.05, 3.63) is 41.7 Å². The third-order valence-corrected chi connectivity index (χ3v) is 4.90. The molecule has 26 heavy (non-hydrogen) atoms. The summed E-state index contributed by atoms with van der Waals surface area (Å²) in [5.74, 6) is 0.997. The summed E-state index contributed by atoms with van der Waals surface area (Å²) >= 11 is 0. The van der Waals surface area contributed by atoms with E-state index >= 15 is 0 Å². The van der Waals surface area contributed by atoms with Crippen LogP contribution in [-0.4, -0.2) is 47.8 Å². The number of aryl methyl sites for hydroxylation is 1. The zero-order valence-electron chi connectivity index (χ0n) is 15.5. The Morgan fingerprint density at radius 2 is 1.81 bits per heavy atom. The van der Waals surface area contributed by atoms with E-state index in [0.29, 0.717) is 26.2 Å². The van der Waals surface area contributed by atoms with Crippen molar-refractivity contribution in [3.8, 4) is 0 Å². The van der Waals surface area contributed by atoms with E-state index in [4.69, 9.17) is 4.42 Å². The van der Waals surface area contributed by atoms with Gasteiger partial charge in [-0.2, -0.15) is 0 Å². The highest BCUT2D eigenvalue weighted by molar-refractivity contribution is 5.96. The zero-order chi connectivity index (χ0) is 18.5. The molecule has 0 spiro atoms. The summed E-state index contributed by atoms with van der Waals surface area (Å²) in [6, 6.07) is 7.94. The van der Waals surface area contributed by atoms with E-state index < -0.39 is 0 Å². The lowest BCUT2D eigenvalue weighted by Gasteiger charge is -2.33. The van der Waals surface area contributed by atoms with Crippen molar-refractivity contribution in [2.24, 2.45) is 0 Å². The van der Waals surface area contributed by atoms with Crippen LogP contribution in [0.1, 0.15) is 38.0 Å². The SMILES string of the molecule is CCCCc1oc2ccccc2c1C=CC(=O)N1CCN(C(C)=O)CC1. The minimum absolute atomic E-state index is 0.0140. The Morgan fingerprint density at radius 1 is 1.12 bits per heavy atom. The van der Waals surface area contributed by atoms with Crippen LogP contribution < -0.4 is 0 Å². The predicted octanol–water partition coefficient (Wildman–Crippen LogP) is 3.48. The maximum Gasteiger partial charge on any atom is 0.246 e. The average molecular weight is 354 g/mol. The molecule has 1 aliphatic rings. The number of nitrogens with zero attached hydrogens (tertiary/aromatic N) is 2. The standard InChI is InChI=1S/C21H26N2O3/c1-3-4-8-19-18(17-7-5-6-9-20(17)26-19)10-11-21(25)23-14-12-22(13-15-23)16(2)24/h5-7,9-11H,3-4,8,12-15H2,1-2H3. The molecule has 1 aromatic heterocycles. The molecule has 0 aliphatic carbocycles. The fourth-order valence-corrected chi connectivity index (χ4v) is 3.32. The number of amides is 2. The molecule has 0 unspecified atom stereocenters. The molecule has 1 fully saturated rings. The first-order valence-electron chi connectivity index (χ1n) is 9.33. The lowest BCUT2D eigenvalue weighted by molar-refractivity contribution is -0.135. The van der Waals surface area contributed by atoms with Crippen LogP contribution in [0.25, 0.3) is 17.0 Å². The Kier molecular flexibility index (Phi) is 5.76. The smallest absolute Gasteiger partial charge is 0.246 e. The molecular weight excluding hydrogens is 328 g/mol. The number of carbonyl (C=O) groups excluding carboxylic acids is 2. The van der Waals surface area contributed by atoms with Crippen LogP contribution in [0.5, 0.6) is 0 Å². The van der Waals surface area contributed by atoms with E-state index in [1.165, 1.54) is 0 Å². The van der Waals surface area contributed by atoms with Crippen molar-refractivity contribution in [3.63, 3.8) is 0 Å². The zero-order valence-corrected chi connectivity index (χ0v) is 15.5. The summed E-state index contributed by atoms with van der Waals surface area (Å²) in [4.78, 5) is 27.5. The predicted molar refractivity (Wildman–Crippen MR) is 103 cm³/mol. The van der Waals surface area contributed by atoms with Gasteiger partial charge in [0, 0.05) is 56.5 Å². The van der Waals surface area contributed by atoms with Crippen molar-refractivity contribution < 1.29 is 14.0 Å². The largest absolute Gasteiger partial charge is 0.460 e. The van der Waals surface area contributed by atoms with Gasteiger partial charge in [-0.1, -0.05) is 31.5 Å². The molecule has 0 atom stereocenters. The normalized spacial score (nSPS) is 15.2. The van der Waals surface area contributed by atoms with Gasteiger partial charge in [0.1, 0.15) is 11.3 Å². The lowest BCUT2D eigenvalue weighted by Crippen LogP contribution is -2.49. The summed E-state index contributed by atoms with van der Waals surface area (Å²) in [6.07, 6.45) is 6.55. The van der Waals surface area contributed by atoms with Crippen LogP contribution in [-0.2, 0) is 16.0 Å². The van der Waals surface area contributed by atoms with Gasteiger partial charge >= 0.3 is 0 Å². The van der Waals surface area contributed by atoms with E-state index in [-0.39, 0.29) is 11.8 Å². The minimum Gasteiger partial charge on any atom is -0.460 e. The van der Waals surface area contributed by atoms with Gasteiger partial charge in [-0.3, -0.25) is 9.59 Å². The Bertz CT molecular complexity index is 814. The number of piperazine rings is 1. The molecule has 0 radical (unpaired) electrons. The van der Waals surface area contributed by atoms with Gasteiger partial charge in [0.05, 0.1) is 0 Å². The molecule has 1 saturated heterocycles. The molecule has 2 aromatic rings. The highest BCUT2D eigenvalue weighted by Crippen LogP contribution is 2.28. The molecule has 2 amide bonds. The van der Waals surface area contributed by atoms with Crippen molar-refractivity contribution in [1.82, 2.24) is 9.80 Å². The van der Waals surface area contributed by atoms with Crippen LogP contribution in [0.4, 0.5) is 0 Å². The van der Waals surface area contributed by atoms with Crippen molar-refractivity contribution >= 4 is 28.9 Å². The number of carbonyl (C=O) groups is 2. The molecule has 5 nitrogen and oxygen atoms in total. The number of fused-ring (bicyclic) bond motifs is 1. The maximum atomic E-state index is 12.5. The van der Waals surface area contributed by atoms with E-state index in [9.17, 15) is 9.59 Å². The number of hydrogen-bond acceptors (Lipinski definition) is 3. The van der Waals surface area contributed by atoms with Gasteiger partial charge in [-0.05, 0) is 18.6 Å². The van der Waals surface area contributed by atoms with Crippen molar-refractivity contribution in [2.45, 2.75) is 33.1 Å². The number of rotatable bonds is 5. The Hall–Kier alpha value is -2.56. The summed E-state index contributed by atoms with van der Waals surface area (Å²) in [5, 5.41) is 1.05. The quantitative estimate of drug-likeness (QED) is 0.773. The van der Waals surface area contributed by atoms with Gasteiger partial charge in [-0.15, -0.1) is 0 Å². The molecule has 3 rings (SSSR count). The highest BCUT2D eigenvalue weighted by Gasteiger charge is 2.21. The summed E-state index contributed by atoms with van der Waals surface area (Å²) in [5.41, 5.74) is 1.87. The molecule has 138 valence electrons. The number of hydrogen-bond donors (Lipinski definition) is 0. The van der Waals surface area contributed by atoms with Crippen molar-refractivity contribution in [1.29, 1.82) is 0 Å². The Labute approximate surface area is 154 Å². The van der Waals surface area contributed by atoms with Gasteiger partial charge < -0.3 is 14.2 Å². The summed E-state index contributed by atoms with van der Waals surface area (Å²) < 4.78 is 6.00. The van der Waals surface area contributed by atoms with Gasteiger partial charge in [0.2, 0.25) is 11.8 Å². The Balaban J connectivity index is 1.75. The van der Waals surface area contributed by atoms with Crippen molar-refractivity contribution in [2.75, 3.05) is 26.2 Å². The fraction of sp³-hybridized carbons (Fsp3) is 0.429. The first kappa shape index (κ1) is 18.2. The second-order valence-corrected chi connectivity index (χ2v) is 6.70. The van der Waals surface area contributed by atoms with E-state index in [1.54, 1.807) is 22.8 Å². The van der Waals surface area contributed by atoms with E-state index in [0.717, 1.165) is 41.6 Å². The number of para-hydroxylation sites is 1. The maximum absolute atomic E-state index is 12.5. The molecule has 0 saturated carbocycles. The van der Waals surface area contributed by atoms with Crippen LogP contribution in [0, 0.1) is 0 Å². The first-order chi connectivity index (χ1) is 12.6.